The van der Waals surface area contributed by atoms with Crippen LogP contribution in [0.15, 0.2) is 24.3 Å². The second-order valence-corrected chi connectivity index (χ2v) is 5.22. The second kappa shape index (κ2) is 6.47. The summed E-state index contributed by atoms with van der Waals surface area (Å²) in [5.41, 5.74) is 1.47. The van der Waals surface area contributed by atoms with Crippen molar-refractivity contribution in [3.05, 3.63) is 29.1 Å². The lowest BCUT2D eigenvalue weighted by molar-refractivity contribution is 0.0944. The van der Waals surface area contributed by atoms with E-state index in [4.69, 9.17) is 4.74 Å². The van der Waals surface area contributed by atoms with Crippen LogP contribution >= 0.6 is 11.5 Å². The fraction of sp³-hybridized carbons (Fsp3) is 0.357. The number of hydrogen-bond acceptors (Lipinski definition) is 5. The van der Waals surface area contributed by atoms with Gasteiger partial charge in [-0.15, -0.1) is 5.10 Å². The van der Waals surface area contributed by atoms with Crippen LogP contribution in [0.5, 0.6) is 5.75 Å². The van der Waals surface area contributed by atoms with Gasteiger partial charge >= 0.3 is 0 Å². The lowest BCUT2D eigenvalue weighted by Gasteiger charge is -2.10. The van der Waals surface area contributed by atoms with Gasteiger partial charge in [-0.3, -0.25) is 4.79 Å². The Kier molecular flexibility index (Phi) is 4.68. The number of rotatable bonds is 5. The van der Waals surface area contributed by atoms with E-state index in [-0.39, 0.29) is 11.9 Å². The zero-order valence-corrected chi connectivity index (χ0v) is 12.5. The Morgan fingerprint density at radius 3 is 2.70 bits per heavy atom. The van der Waals surface area contributed by atoms with Crippen molar-refractivity contribution < 1.29 is 9.53 Å². The lowest BCUT2D eigenvalue weighted by atomic mass is 10.1. The van der Waals surface area contributed by atoms with Gasteiger partial charge in [-0.1, -0.05) is 11.4 Å². The summed E-state index contributed by atoms with van der Waals surface area (Å²) in [6.45, 7) is 4.00. The van der Waals surface area contributed by atoms with Crippen LogP contribution in [0, 0.1) is 0 Å². The molecule has 0 aliphatic heterocycles. The Morgan fingerprint density at radius 1 is 1.40 bits per heavy atom. The zero-order valence-electron chi connectivity index (χ0n) is 11.7. The van der Waals surface area contributed by atoms with Crippen molar-refractivity contribution in [1.29, 1.82) is 0 Å². The molecule has 1 unspecified atom stereocenters. The van der Waals surface area contributed by atoms with Gasteiger partial charge in [-0.2, -0.15) is 0 Å². The SMILES string of the molecule is CCC(C)NC(=O)c1snnc1-c1ccc(OC)cc1. The average Bonchev–Trinajstić information content (AvgIpc) is 2.96. The Bertz CT molecular complexity index is 580. The number of benzene rings is 1. The van der Waals surface area contributed by atoms with Gasteiger partial charge in [0, 0.05) is 11.6 Å². The third-order valence-corrected chi connectivity index (χ3v) is 3.77. The highest BCUT2D eigenvalue weighted by molar-refractivity contribution is 7.08. The summed E-state index contributed by atoms with van der Waals surface area (Å²) in [6.07, 6.45) is 0.885. The molecule has 5 nitrogen and oxygen atoms in total. The molecule has 1 aromatic heterocycles. The molecule has 106 valence electrons. The number of carbonyl (C=O) groups is 1. The Hall–Kier alpha value is -1.95. The summed E-state index contributed by atoms with van der Waals surface area (Å²) < 4.78 is 9.01. The molecule has 2 rings (SSSR count). The van der Waals surface area contributed by atoms with Gasteiger partial charge in [0.05, 0.1) is 7.11 Å². The zero-order chi connectivity index (χ0) is 14.5. The highest BCUT2D eigenvalue weighted by Gasteiger charge is 2.18. The van der Waals surface area contributed by atoms with E-state index in [1.54, 1.807) is 7.11 Å². The number of ether oxygens (including phenoxy) is 1. The van der Waals surface area contributed by atoms with Crippen LogP contribution in [0.4, 0.5) is 0 Å². The normalized spacial score (nSPS) is 11.9. The molecule has 0 radical (unpaired) electrons. The van der Waals surface area contributed by atoms with Gasteiger partial charge in [0.1, 0.15) is 16.3 Å². The predicted molar refractivity (Wildman–Crippen MR) is 79.1 cm³/mol. The van der Waals surface area contributed by atoms with E-state index in [0.29, 0.717) is 10.6 Å². The third kappa shape index (κ3) is 3.14. The number of nitrogens with zero attached hydrogens (tertiary/aromatic N) is 2. The summed E-state index contributed by atoms with van der Waals surface area (Å²) in [4.78, 5) is 12.7. The quantitative estimate of drug-likeness (QED) is 0.920. The van der Waals surface area contributed by atoms with Crippen LogP contribution in [0.3, 0.4) is 0 Å². The van der Waals surface area contributed by atoms with Crippen LogP contribution < -0.4 is 10.1 Å². The van der Waals surface area contributed by atoms with Crippen molar-refractivity contribution in [2.75, 3.05) is 7.11 Å². The molecular formula is C14H17N3O2S. The van der Waals surface area contributed by atoms with E-state index >= 15 is 0 Å². The molecule has 0 bridgehead atoms. The fourth-order valence-electron chi connectivity index (χ4n) is 1.67. The van der Waals surface area contributed by atoms with Gasteiger partial charge in [0.25, 0.3) is 5.91 Å². The van der Waals surface area contributed by atoms with E-state index in [2.05, 4.69) is 14.9 Å². The van der Waals surface area contributed by atoms with E-state index in [1.807, 2.05) is 38.1 Å². The summed E-state index contributed by atoms with van der Waals surface area (Å²) >= 11 is 1.11. The Labute approximate surface area is 122 Å². The third-order valence-electron chi connectivity index (χ3n) is 3.05. The number of amides is 1. The van der Waals surface area contributed by atoms with E-state index in [9.17, 15) is 4.79 Å². The van der Waals surface area contributed by atoms with Crippen molar-refractivity contribution in [3.63, 3.8) is 0 Å². The van der Waals surface area contributed by atoms with Crippen molar-refractivity contribution in [2.24, 2.45) is 0 Å². The van der Waals surface area contributed by atoms with Gasteiger partial charge in [0.15, 0.2) is 0 Å². The van der Waals surface area contributed by atoms with Crippen LogP contribution in [0.25, 0.3) is 11.3 Å². The molecule has 1 N–H and O–H groups in total. The molecular weight excluding hydrogens is 274 g/mol. The molecule has 0 aliphatic rings. The summed E-state index contributed by atoms with van der Waals surface area (Å²) in [6, 6.07) is 7.55. The molecule has 0 spiro atoms. The number of aromatic nitrogens is 2. The molecule has 0 saturated carbocycles. The topological polar surface area (TPSA) is 64.1 Å². The molecule has 0 aliphatic carbocycles. The number of hydrogen-bond donors (Lipinski definition) is 1. The van der Waals surface area contributed by atoms with Crippen LogP contribution in [-0.2, 0) is 0 Å². The minimum absolute atomic E-state index is 0.125. The summed E-state index contributed by atoms with van der Waals surface area (Å²) in [5.74, 6) is 0.641. The highest BCUT2D eigenvalue weighted by Crippen LogP contribution is 2.25. The largest absolute Gasteiger partial charge is 0.497 e. The molecule has 1 atom stereocenters. The van der Waals surface area contributed by atoms with Crippen LogP contribution in [0.1, 0.15) is 29.9 Å². The molecule has 20 heavy (non-hydrogen) atoms. The van der Waals surface area contributed by atoms with Crippen molar-refractivity contribution >= 4 is 17.4 Å². The van der Waals surface area contributed by atoms with E-state index in [0.717, 1.165) is 29.3 Å². The first-order chi connectivity index (χ1) is 9.65. The fourth-order valence-corrected chi connectivity index (χ4v) is 2.26. The molecule has 0 fully saturated rings. The summed E-state index contributed by atoms with van der Waals surface area (Å²) in [5, 5.41) is 6.99. The second-order valence-electron chi connectivity index (χ2n) is 4.46. The highest BCUT2D eigenvalue weighted by atomic mass is 32.1. The van der Waals surface area contributed by atoms with Crippen molar-refractivity contribution in [3.8, 4) is 17.0 Å². The maximum atomic E-state index is 12.2. The van der Waals surface area contributed by atoms with Crippen molar-refractivity contribution in [1.82, 2.24) is 14.9 Å². The smallest absolute Gasteiger partial charge is 0.265 e. The van der Waals surface area contributed by atoms with Gasteiger partial charge in [0.2, 0.25) is 0 Å². The minimum atomic E-state index is -0.125. The van der Waals surface area contributed by atoms with E-state index in [1.165, 1.54) is 0 Å². The monoisotopic (exact) mass is 291 g/mol. The Morgan fingerprint density at radius 2 is 2.10 bits per heavy atom. The summed E-state index contributed by atoms with van der Waals surface area (Å²) in [7, 11) is 1.62. The molecule has 2 aromatic rings. The number of methoxy groups -OCH3 is 1. The first kappa shape index (κ1) is 14.5. The van der Waals surface area contributed by atoms with Gasteiger partial charge in [-0.25, -0.2) is 0 Å². The standard InChI is InChI=1S/C14H17N3O2S/c1-4-9(2)15-14(18)13-12(16-17-20-13)10-5-7-11(19-3)8-6-10/h5-9H,4H2,1-3H3,(H,15,18). The molecule has 0 saturated heterocycles. The van der Waals surface area contributed by atoms with Gasteiger partial charge in [-0.05, 0) is 49.1 Å². The first-order valence-electron chi connectivity index (χ1n) is 6.43. The first-order valence-corrected chi connectivity index (χ1v) is 7.20. The Balaban J connectivity index is 2.25. The van der Waals surface area contributed by atoms with Crippen molar-refractivity contribution in [2.45, 2.75) is 26.3 Å². The average molecular weight is 291 g/mol. The lowest BCUT2D eigenvalue weighted by Crippen LogP contribution is -2.31. The van der Waals surface area contributed by atoms with Crippen LogP contribution in [0.2, 0.25) is 0 Å². The molecule has 1 aromatic carbocycles. The van der Waals surface area contributed by atoms with E-state index < -0.39 is 0 Å². The number of nitrogens with one attached hydrogen (secondary N) is 1. The maximum absolute atomic E-state index is 12.2. The van der Waals surface area contributed by atoms with Gasteiger partial charge < -0.3 is 10.1 Å². The predicted octanol–water partition coefficient (Wildman–Crippen LogP) is 2.74. The maximum Gasteiger partial charge on any atom is 0.265 e. The molecule has 1 amide bonds. The number of carbonyl (C=O) groups excluding carboxylic acids is 1. The van der Waals surface area contributed by atoms with Crippen LogP contribution in [-0.4, -0.2) is 28.6 Å². The molecule has 1 heterocycles. The molecule has 6 heteroatoms. The minimum Gasteiger partial charge on any atom is -0.497 e.